The molecule has 1 aromatic carbocycles. The summed E-state index contributed by atoms with van der Waals surface area (Å²) in [6, 6.07) is 9.97. The molecule has 0 aliphatic carbocycles. The number of carbonyl (C=O) groups is 1. The molecule has 2 amide bonds. The summed E-state index contributed by atoms with van der Waals surface area (Å²) in [4.78, 5) is 23.1. The molecular weight excluding hydrogens is 414 g/mol. The molecular formula is C25H43N7O. The van der Waals surface area contributed by atoms with Crippen LogP contribution in [-0.2, 0) is 6.54 Å². The SMILES string of the molecule is NC(=NCc1ccccc1)NCCCCCCCN1CCCCCCCCN=C(N)NC1=O. The van der Waals surface area contributed by atoms with E-state index in [-0.39, 0.29) is 12.0 Å². The van der Waals surface area contributed by atoms with Crippen molar-refractivity contribution in [3.05, 3.63) is 35.9 Å². The molecule has 0 fully saturated rings. The first-order chi connectivity index (χ1) is 16.1. The van der Waals surface area contributed by atoms with Crippen LogP contribution in [0.15, 0.2) is 40.3 Å². The van der Waals surface area contributed by atoms with Gasteiger partial charge in [-0.25, -0.2) is 9.79 Å². The Hall–Kier alpha value is -2.77. The van der Waals surface area contributed by atoms with Crippen LogP contribution in [0, 0.1) is 0 Å². The first kappa shape index (κ1) is 26.5. The van der Waals surface area contributed by atoms with Gasteiger partial charge >= 0.3 is 6.03 Å². The highest BCUT2D eigenvalue weighted by Crippen LogP contribution is 2.09. The summed E-state index contributed by atoms with van der Waals surface area (Å²) in [5.74, 6) is 0.738. The molecule has 0 radical (unpaired) electrons. The summed E-state index contributed by atoms with van der Waals surface area (Å²) in [7, 11) is 0. The quantitative estimate of drug-likeness (QED) is 0.243. The van der Waals surface area contributed by atoms with E-state index in [1.165, 1.54) is 25.7 Å². The Bertz CT molecular complexity index is 721. The predicted octanol–water partition coefficient (Wildman–Crippen LogP) is 3.72. The Morgan fingerprint density at radius 3 is 2.52 bits per heavy atom. The highest BCUT2D eigenvalue weighted by atomic mass is 16.2. The molecule has 0 saturated carbocycles. The fourth-order valence-corrected chi connectivity index (χ4v) is 3.85. The second-order valence-corrected chi connectivity index (χ2v) is 8.69. The number of aliphatic imine (C=N–C) groups is 2. The van der Waals surface area contributed by atoms with Crippen LogP contribution in [0.4, 0.5) is 4.79 Å². The maximum Gasteiger partial charge on any atom is 0.324 e. The van der Waals surface area contributed by atoms with Crippen LogP contribution in [0.5, 0.6) is 0 Å². The molecule has 0 bridgehead atoms. The van der Waals surface area contributed by atoms with E-state index in [1.807, 2.05) is 35.2 Å². The van der Waals surface area contributed by atoms with Crippen molar-refractivity contribution in [1.82, 2.24) is 15.5 Å². The van der Waals surface area contributed by atoms with E-state index < -0.39 is 0 Å². The van der Waals surface area contributed by atoms with Gasteiger partial charge in [0.15, 0.2) is 11.9 Å². The first-order valence-corrected chi connectivity index (χ1v) is 12.6. The summed E-state index contributed by atoms with van der Waals surface area (Å²) in [5.41, 5.74) is 13.0. The van der Waals surface area contributed by atoms with Crippen molar-refractivity contribution in [2.45, 2.75) is 77.2 Å². The molecule has 184 valence electrons. The summed E-state index contributed by atoms with van der Waals surface area (Å²) in [6.07, 6.45) is 12.3. The lowest BCUT2D eigenvalue weighted by atomic mass is 10.1. The largest absolute Gasteiger partial charge is 0.370 e. The molecule has 33 heavy (non-hydrogen) atoms. The molecule has 8 heteroatoms. The number of nitrogens with two attached hydrogens (primary N) is 2. The molecule has 6 N–H and O–H groups in total. The Balaban J connectivity index is 1.58. The summed E-state index contributed by atoms with van der Waals surface area (Å²) in [6.45, 7) is 3.66. The number of hydrogen-bond donors (Lipinski definition) is 4. The van der Waals surface area contributed by atoms with Gasteiger partial charge in [0.2, 0.25) is 0 Å². The number of hydrogen-bond acceptors (Lipinski definition) is 4. The maximum absolute atomic E-state index is 12.6. The van der Waals surface area contributed by atoms with Crippen LogP contribution < -0.4 is 22.1 Å². The lowest BCUT2D eigenvalue weighted by molar-refractivity contribution is 0.200. The van der Waals surface area contributed by atoms with Gasteiger partial charge < -0.3 is 21.7 Å². The van der Waals surface area contributed by atoms with Crippen molar-refractivity contribution in [3.8, 4) is 0 Å². The van der Waals surface area contributed by atoms with Gasteiger partial charge in [-0.15, -0.1) is 0 Å². The molecule has 0 atom stereocenters. The average Bonchev–Trinajstić information content (AvgIpc) is 2.83. The molecule has 0 aromatic heterocycles. The number of guanidine groups is 2. The van der Waals surface area contributed by atoms with Gasteiger partial charge in [-0.1, -0.05) is 75.3 Å². The molecule has 2 rings (SSSR count). The smallest absolute Gasteiger partial charge is 0.324 e. The molecule has 1 aliphatic rings. The van der Waals surface area contributed by atoms with Crippen molar-refractivity contribution >= 4 is 18.0 Å². The number of rotatable bonds is 10. The van der Waals surface area contributed by atoms with Crippen molar-refractivity contribution < 1.29 is 4.79 Å². The van der Waals surface area contributed by atoms with E-state index in [1.54, 1.807) is 0 Å². The Morgan fingerprint density at radius 2 is 1.70 bits per heavy atom. The van der Waals surface area contributed by atoms with Gasteiger partial charge in [-0.05, 0) is 31.2 Å². The Kier molecular flexibility index (Phi) is 13.5. The van der Waals surface area contributed by atoms with E-state index in [0.717, 1.165) is 70.1 Å². The normalized spacial score (nSPS) is 16.7. The second-order valence-electron chi connectivity index (χ2n) is 8.69. The summed E-state index contributed by atoms with van der Waals surface area (Å²) in [5, 5.41) is 5.94. The molecule has 1 aromatic rings. The fourth-order valence-electron chi connectivity index (χ4n) is 3.85. The highest BCUT2D eigenvalue weighted by Gasteiger charge is 2.14. The maximum atomic E-state index is 12.6. The number of urea groups is 1. The minimum Gasteiger partial charge on any atom is -0.370 e. The van der Waals surface area contributed by atoms with Gasteiger partial charge in [-0.2, -0.15) is 0 Å². The standard InChI is InChI=1S/C25H43N7O/c26-23(30-21-22-15-9-8-10-16-22)28-17-11-5-3-7-14-20-32-19-13-6-2-1-4-12-18-29-24(27)31-25(32)33/h8-10,15-16H,1-7,11-14,17-21H2,(H3,26,28,30)(H3,27,29,31,33). The third-order valence-corrected chi connectivity index (χ3v) is 5.83. The molecule has 0 unspecified atom stereocenters. The number of unbranched alkanes of at least 4 members (excludes halogenated alkanes) is 4. The van der Waals surface area contributed by atoms with Gasteiger partial charge in [-0.3, -0.25) is 10.3 Å². The minimum absolute atomic E-state index is 0.120. The Labute approximate surface area is 199 Å². The van der Waals surface area contributed by atoms with Crippen molar-refractivity contribution in [1.29, 1.82) is 0 Å². The van der Waals surface area contributed by atoms with Gasteiger partial charge in [0.1, 0.15) is 0 Å². The lowest BCUT2D eigenvalue weighted by Gasteiger charge is -2.23. The van der Waals surface area contributed by atoms with E-state index in [0.29, 0.717) is 19.0 Å². The van der Waals surface area contributed by atoms with E-state index in [4.69, 9.17) is 11.5 Å². The number of nitrogens with one attached hydrogen (secondary N) is 2. The zero-order valence-corrected chi connectivity index (χ0v) is 20.1. The van der Waals surface area contributed by atoms with Crippen LogP contribution >= 0.6 is 0 Å². The molecule has 8 nitrogen and oxygen atoms in total. The van der Waals surface area contributed by atoms with Gasteiger partial charge in [0.05, 0.1) is 6.54 Å². The van der Waals surface area contributed by atoms with Gasteiger partial charge in [0, 0.05) is 26.2 Å². The van der Waals surface area contributed by atoms with Crippen molar-refractivity contribution in [3.63, 3.8) is 0 Å². The molecule has 0 spiro atoms. The van der Waals surface area contributed by atoms with E-state index in [9.17, 15) is 4.79 Å². The summed E-state index contributed by atoms with van der Waals surface area (Å²) >= 11 is 0. The molecule has 1 aliphatic heterocycles. The third-order valence-electron chi connectivity index (χ3n) is 5.83. The van der Waals surface area contributed by atoms with Gasteiger partial charge in [0.25, 0.3) is 0 Å². The van der Waals surface area contributed by atoms with Crippen molar-refractivity contribution in [2.75, 3.05) is 26.2 Å². The van der Waals surface area contributed by atoms with Crippen LogP contribution in [0.1, 0.15) is 76.2 Å². The number of nitrogens with zero attached hydrogens (tertiary/aromatic N) is 3. The topological polar surface area (TPSA) is 121 Å². The Morgan fingerprint density at radius 1 is 1.00 bits per heavy atom. The monoisotopic (exact) mass is 457 g/mol. The fraction of sp³-hybridized carbons (Fsp3) is 0.640. The lowest BCUT2D eigenvalue weighted by Crippen LogP contribution is -2.46. The van der Waals surface area contributed by atoms with E-state index in [2.05, 4.69) is 20.6 Å². The molecule has 1 heterocycles. The number of benzene rings is 1. The van der Waals surface area contributed by atoms with Crippen LogP contribution in [0.3, 0.4) is 0 Å². The molecule has 0 saturated heterocycles. The summed E-state index contributed by atoms with van der Waals surface area (Å²) < 4.78 is 0. The third kappa shape index (κ3) is 12.7. The van der Waals surface area contributed by atoms with Crippen LogP contribution in [0.25, 0.3) is 0 Å². The zero-order chi connectivity index (χ0) is 23.6. The predicted molar refractivity (Wildman–Crippen MR) is 137 cm³/mol. The number of carbonyl (C=O) groups excluding carboxylic acids is 1. The van der Waals surface area contributed by atoms with Crippen molar-refractivity contribution in [2.24, 2.45) is 21.5 Å². The highest BCUT2D eigenvalue weighted by molar-refractivity contribution is 5.95. The van der Waals surface area contributed by atoms with E-state index >= 15 is 0 Å². The zero-order valence-electron chi connectivity index (χ0n) is 20.1. The number of amides is 2. The average molecular weight is 458 g/mol. The minimum atomic E-state index is -0.120. The van der Waals surface area contributed by atoms with Crippen LogP contribution in [-0.4, -0.2) is 49.0 Å². The second kappa shape index (κ2) is 16.8. The van der Waals surface area contributed by atoms with Crippen LogP contribution in [0.2, 0.25) is 0 Å². The first-order valence-electron chi connectivity index (χ1n) is 12.6.